The minimum absolute atomic E-state index is 0.00383. The van der Waals surface area contributed by atoms with Gasteiger partial charge in [-0.3, -0.25) is 14.5 Å². The Bertz CT molecular complexity index is 1230. The number of methoxy groups -OCH3 is 1. The van der Waals surface area contributed by atoms with Crippen molar-refractivity contribution in [2.45, 2.75) is 58.0 Å². The van der Waals surface area contributed by atoms with Crippen molar-refractivity contribution in [2.75, 3.05) is 33.4 Å². The quantitative estimate of drug-likeness (QED) is 0.159. The summed E-state index contributed by atoms with van der Waals surface area (Å²) in [5.74, 6) is -0.286. The molecular weight excluding hydrogens is 509 g/mol. The Morgan fingerprint density at radius 2 is 1.82 bits per heavy atom. The number of aryl methyl sites for hydroxylation is 1. The summed E-state index contributed by atoms with van der Waals surface area (Å²) in [4.78, 5) is 50.5. The molecule has 0 spiro atoms. The van der Waals surface area contributed by atoms with E-state index in [0.717, 1.165) is 0 Å². The Labute approximate surface area is 217 Å². The number of amides is 3. The van der Waals surface area contributed by atoms with Crippen LogP contribution >= 0.6 is 0 Å². The predicted molar refractivity (Wildman–Crippen MR) is 131 cm³/mol. The fourth-order valence-electron chi connectivity index (χ4n) is 4.34. The van der Waals surface area contributed by atoms with Gasteiger partial charge >= 0.3 is 23.8 Å². The van der Waals surface area contributed by atoms with Crippen molar-refractivity contribution in [1.82, 2.24) is 9.80 Å². The summed E-state index contributed by atoms with van der Waals surface area (Å²) in [5, 5.41) is -0.200. The lowest BCUT2D eigenvalue weighted by atomic mass is 10.0. The number of alkyl halides is 3. The second-order valence-electron chi connectivity index (χ2n) is 8.98. The van der Waals surface area contributed by atoms with Gasteiger partial charge in [0.1, 0.15) is 17.9 Å². The van der Waals surface area contributed by atoms with Crippen LogP contribution in [0, 0.1) is 0 Å². The Balaban J connectivity index is 1.55. The first-order valence-electron chi connectivity index (χ1n) is 12.5. The van der Waals surface area contributed by atoms with Crippen LogP contribution in [0.2, 0.25) is 0 Å². The zero-order valence-electron chi connectivity index (χ0n) is 21.4. The number of carbonyl (C=O) groups excluding carboxylic acids is 3. The van der Waals surface area contributed by atoms with Crippen molar-refractivity contribution >= 4 is 28.9 Å². The molecule has 3 amide bonds. The van der Waals surface area contributed by atoms with E-state index in [1.807, 2.05) is 6.92 Å². The molecule has 0 unspecified atom stereocenters. The fraction of sp³-hybridized carbons (Fsp3) is 0.538. The van der Waals surface area contributed by atoms with Crippen LogP contribution in [0.5, 0.6) is 5.75 Å². The van der Waals surface area contributed by atoms with E-state index in [0.29, 0.717) is 62.4 Å². The molecule has 1 aromatic carbocycles. The van der Waals surface area contributed by atoms with Crippen molar-refractivity contribution in [2.24, 2.45) is 0 Å². The molecule has 1 saturated heterocycles. The number of ether oxygens (including phenoxy) is 2. The number of rotatable bonds is 13. The fourth-order valence-corrected chi connectivity index (χ4v) is 4.34. The van der Waals surface area contributed by atoms with Crippen LogP contribution in [0.1, 0.15) is 56.6 Å². The maximum atomic E-state index is 13.4. The minimum atomic E-state index is -4.71. The van der Waals surface area contributed by atoms with Gasteiger partial charge in [-0.05, 0) is 44.2 Å². The van der Waals surface area contributed by atoms with Crippen LogP contribution < -0.4 is 10.4 Å². The van der Waals surface area contributed by atoms with Gasteiger partial charge in [0, 0.05) is 36.5 Å². The first-order valence-corrected chi connectivity index (χ1v) is 12.5. The lowest BCUT2D eigenvalue weighted by Gasteiger charge is -2.17. The van der Waals surface area contributed by atoms with Crippen LogP contribution in [0.15, 0.2) is 27.4 Å². The van der Waals surface area contributed by atoms with E-state index >= 15 is 0 Å². The minimum Gasteiger partial charge on any atom is -0.493 e. The van der Waals surface area contributed by atoms with E-state index in [2.05, 4.69) is 4.74 Å². The summed E-state index contributed by atoms with van der Waals surface area (Å²) in [6.45, 7) is 2.62. The molecule has 0 radical (unpaired) electrons. The molecular formula is C26H31F3N2O7. The maximum Gasteiger partial charge on any atom is 0.417 e. The normalized spacial score (nSPS) is 14.0. The number of hydrogen-bond acceptors (Lipinski definition) is 7. The SMILES string of the molecule is CCCc1c(OCCCCN2C(=O)CN(CCCCC(=O)OC)C2=O)ccc2c(C(F)(F)F)cc(=O)oc12. The molecule has 1 fully saturated rings. The largest absolute Gasteiger partial charge is 0.493 e. The van der Waals surface area contributed by atoms with Crippen LogP contribution in [0.25, 0.3) is 11.0 Å². The first-order chi connectivity index (χ1) is 18.1. The van der Waals surface area contributed by atoms with Crippen molar-refractivity contribution in [1.29, 1.82) is 0 Å². The lowest BCUT2D eigenvalue weighted by Crippen LogP contribution is -2.34. The average Bonchev–Trinajstić information content (AvgIpc) is 3.13. The average molecular weight is 541 g/mol. The molecule has 2 heterocycles. The first kappa shape index (κ1) is 29.0. The topological polar surface area (TPSA) is 106 Å². The number of nitrogens with zero attached hydrogens (tertiary/aromatic N) is 2. The molecule has 1 aliphatic rings. The van der Waals surface area contributed by atoms with Gasteiger partial charge in [-0.15, -0.1) is 0 Å². The summed E-state index contributed by atoms with van der Waals surface area (Å²) in [6, 6.07) is 2.75. The Hall–Kier alpha value is -3.57. The van der Waals surface area contributed by atoms with Gasteiger partial charge in [-0.1, -0.05) is 13.3 Å². The number of urea groups is 1. The lowest BCUT2D eigenvalue weighted by molar-refractivity contribution is -0.140. The van der Waals surface area contributed by atoms with E-state index in [-0.39, 0.29) is 55.0 Å². The van der Waals surface area contributed by atoms with Gasteiger partial charge in [-0.2, -0.15) is 13.2 Å². The van der Waals surface area contributed by atoms with Gasteiger partial charge in [0.15, 0.2) is 0 Å². The van der Waals surface area contributed by atoms with E-state index in [1.165, 1.54) is 29.0 Å². The Morgan fingerprint density at radius 3 is 2.50 bits per heavy atom. The highest BCUT2D eigenvalue weighted by Crippen LogP contribution is 2.37. The molecule has 208 valence electrons. The van der Waals surface area contributed by atoms with E-state index < -0.39 is 17.4 Å². The second-order valence-corrected chi connectivity index (χ2v) is 8.98. The van der Waals surface area contributed by atoms with Gasteiger partial charge in [0.25, 0.3) is 0 Å². The molecule has 12 heteroatoms. The van der Waals surface area contributed by atoms with E-state index in [9.17, 15) is 32.3 Å². The van der Waals surface area contributed by atoms with Crippen LogP contribution in [-0.4, -0.2) is 61.1 Å². The third-order valence-corrected chi connectivity index (χ3v) is 6.23. The molecule has 2 aromatic rings. The molecule has 3 rings (SSSR count). The predicted octanol–water partition coefficient (Wildman–Crippen LogP) is 4.53. The zero-order valence-corrected chi connectivity index (χ0v) is 21.4. The molecule has 0 saturated carbocycles. The molecule has 1 aromatic heterocycles. The Kier molecular flexibility index (Phi) is 9.76. The number of carbonyl (C=O) groups is 3. The molecule has 9 nitrogen and oxygen atoms in total. The van der Waals surface area contributed by atoms with Crippen molar-refractivity contribution in [3.05, 3.63) is 39.7 Å². The summed E-state index contributed by atoms with van der Waals surface area (Å²) >= 11 is 0. The monoisotopic (exact) mass is 540 g/mol. The molecule has 0 bridgehead atoms. The molecule has 0 N–H and O–H groups in total. The maximum absolute atomic E-state index is 13.4. The Morgan fingerprint density at radius 1 is 1.08 bits per heavy atom. The van der Waals surface area contributed by atoms with Crippen molar-refractivity contribution in [3.8, 4) is 5.75 Å². The van der Waals surface area contributed by atoms with Gasteiger partial charge < -0.3 is 18.8 Å². The van der Waals surface area contributed by atoms with Gasteiger partial charge in [-0.25, -0.2) is 9.59 Å². The number of benzene rings is 1. The highest BCUT2D eigenvalue weighted by Gasteiger charge is 2.35. The van der Waals surface area contributed by atoms with Gasteiger partial charge in [0.2, 0.25) is 5.91 Å². The number of fused-ring (bicyclic) bond motifs is 1. The highest BCUT2D eigenvalue weighted by molar-refractivity contribution is 6.01. The molecule has 1 aliphatic heterocycles. The van der Waals surface area contributed by atoms with Crippen molar-refractivity contribution < 1.29 is 41.4 Å². The second kappa shape index (κ2) is 12.8. The number of unbranched alkanes of at least 4 members (excludes halogenated alkanes) is 2. The summed E-state index contributed by atoms with van der Waals surface area (Å²) in [7, 11) is 1.31. The van der Waals surface area contributed by atoms with Crippen LogP contribution in [0.3, 0.4) is 0 Å². The smallest absolute Gasteiger partial charge is 0.417 e. The third-order valence-electron chi connectivity index (χ3n) is 6.23. The standard InChI is InChI=1S/C26H31F3N2O7/c1-3-8-18-20(11-10-17-19(26(27,28)29)15-23(34)38-24(17)18)37-14-7-6-13-31-21(32)16-30(25(31)35)12-5-4-9-22(33)36-2/h10-11,15H,3-9,12-14,16H2,1-2H3. The molecule has 0 aliphatic carbocycles. The number of halogens is 3. The van der Waals surface area contributed by atoms with Gasteiger partial charge in [0.05, 0.1) is 19.3 Å². The van der Waals surface area contributed by atoms with E-state index in [1.54, 1.807) is 0 Å². The molecule has 0 atom stereocenters. The van der Waals surface area contributed by atoms with E-state index in [4.69, 9.17) is 9.15 Å². The summed E-state index contributed by atoms with van der Waals surface area (Å²) in [5.41, 5.74) is -1.88. The number of esters is 1. The van der Waals surface area contributed by atoms with Crippen LogP contribution in [-0.2, 0) is 26.9 Å². The number of imide groups is 1. The van der Waals surface area contributed by atoms with Crippen LogP contribution in [0.4, 0.5) is 18.0 Å². The van der Waals surface area contributed by atoms with Crippen molar-refractivity contribution in [3.63, 3.8) is 0 Å². The summed E-state index contributed by atoms with van der Waals surface area (Å²) in [6.07, 6.45) is -1.43. The third kappa shape index (κ3) is 7.05. The molecule has 38 heavy (non-hydrogen) atoms. The highest BCUT2D eigenvalue weighted by atomic mass is 19.4. The summed E-state index contributed by atoms with van der Waals surface area (Å²) < 4.78 is 55.9. The number of hydrogen-bond donors (Lipinski definition) is 0. The zero-order chi connectivity index (χ0) is 27.9.